The molecule has 0 radical (unpaired) electrons. The van der Waals surface area contributed by atoms with E-state index in [0.29, 0.717) is 32.6 Å². The van der Waals surface area contributed by atoms with Gasteiger partial charge in [-0.2, -0.15) is 13.1 Å². The van der Waals surface area contributed by atoms with Crippen LogP contribution in [0.5, 0.6) is 0 Å². The Labute approximate surface area is 219 Å². The highest BCUT2D eigenvalue weighted by Gasteiger charge is 2.40. The largest absolute Gasteiger partial charge is 0.355 e. The molecule has 198 valence electrons. The number of pyridine rings is 1. The molecule has 2 aromatic rings. The number of benzene rings is 1. The average molecular weight is 552 g/mol. The highest BCUT2D eigenvalue weighted by Crippen LogP contribution is 2.40. The number of carbonyl (C=O) groups excluding carboxylic acids is 1. The zero-order valence-electron chi connectivity index (χ0n) is 20.0. The minimum atomic E-state index is -3.97. The molecule has 1 aromatic heterocycles. The molecule has 4 heterocycles. The van der Waals surface area contributed by atoms with E-state index in [1.807, 2.05) is 0 Å². The molecule has 0 spiro atoms. The van der Waals surface area contributed by atoms with Crippen LogP contribution in [0.3, 0.4) is 0 Å². The summed E-state index contributed by atoms with van der Waals surface area (Å²) in [5, 5.41) is 8.83. The molecule has 2 atom stereocenters. The van der Waals surface area contributed by atoms with E-state index in [2.05, 4.69) is 20.9 Å². The van der Waals surface area contributed by atoms with E-state index < -0.39 is 22.0 Å². The fourth-order valence-corrected chi connectivity index (χ4v) is 6.89. The third kappa shape index (κ3) is 5.28. The van der Waals surface area contributed by atoms with Crippen molar-refractivity contribution in [3.05, 3.63) is 70.0 Å². The van der Waals surface area contributed by atoms with Gasteiger partial charge in [0.05, 0.1) is 16.6 Å². The van der Waals surface area contributed by atoms with Crippen LogP contribution < -0.4 is 16.0 Å². The fraction of sp³-hybridized carbons (Fsp3) is 0.440. The van der Waals surface area contributed by atoms with Crippen molar-refractivity contribution in [3.8, 4) is 0 Å². The SMILES string of the molecule is O=C1CC(c2ccc(S(=O)(=O)N3CCNCC3c3cc(C(F)(F)C4=CCNCC4)cc(Cl)n3)cc2)CN1. The Balaban J connectivity index is 1.45. The van der Waals surface area contributed by atoms with Gasteiger partial charge in [-0.05, 0) is 42.8 Å². The molecular formula is C25H28ClF2N5O3S. The van der Waals surface area contributed by atoms with E-state index in [0.717, 1.165) is 11.6 Å². The summed E-state index contributed by atoms with van der Waals surface area (Å²) < 4.78 is 59.4. The Morgan fingerprint density at radius 1 is 1.08 bits per heavy atom. The summed E-state index contributed by atoms with van der Waals surface area (Å²) in [4.78, 5) is 15.9. The highest BCUT2D eigenvalue weighted by molar-refractivity contribution is 7.89. The minimum absolute atomic E-state index is 0.00185. The van der Waals surface area contributed by atoms with Crippen LogP contribution in [0.2, 0.25) is 5.15 Å². The summed E-state index contributed by atoms with van der Waals surface area (Å²) in [6, 6.07) is 8.09. The number of halogens is 3. The second-order valence-electron chi connectivity index (χ2n) is 9.47. The van der Waals surface area contributed by atoms with Crippen molar-refractivity contribution in [1.82, 2.24) is 25.2 Å². The number of rotatable bonds is 6. The number of amides is 1. The summed E-state index contributed by atoms with van der Waals surface area (Å²) in [7, 11) is -3.97. The third-order valence-electron chi connectivity index (χ3n) is 7.11. The lowest BCUT2D eigenvalue weighted by Crippen LogP contribution is -2.48. The van der Waals surface area contributed by atoms with Crippen LogP contribution in [-0.4, -0.2) is 62.9 Å². The van der Waals surface area contributed by atoms with Gasteiger partial charge in [0.2, 0.25) is 15.9 Å². The van der Waals surface area contributed by atoms with Crippen molar-refractivity contribution in [2.24, 2.45) is 0 Å². The number of hydrogen-bond acceptors (Lipinski definition) is 6. The van der Waals surface area contributed by atoms with Gasteiger partial charge in [-0.25, -0.2) is 13.4 Å². The van der Waals surface area contributed by atoms with Crippen molar-refractivity contribution >= 4 is 27.5 Å². The number of carbonyl (C=O) groups is 1. The maximum atomic E-state index is 15.4. The first kappa shape index (κ1) is 26.2. The van der Waals surface area contributed by atoms with Crippen molar-refractivity contribution in [1.29, 1.82) is 0 Å². The molecule has 2 unspecified atom stereocenters. The molecule has 3 aliphatic rings. The molecule has 5 rings (SSSR count). The van der Waals surface area contributed by atoms with Crippen LogP contribution >= 0.6 is 11.6 Å². The van der Waals surface area contributed by atoms with Gasteiger partial charge in [0.25, 0.3) is 5.92 Å². The van der Waals surface area contributed by atoms with Gasteiger partial charge >= 0.3 is 0 Å². The van der Waals surface area contributed by atoms with Gasteiger partial charge in [-0.3, -0.25) is 4.79 Å². The van der Waals surface area contributed by atoms with E-state index in [-0.39, 0.29) is 58.2 Å². The lowest BCUT2D eigenvalue weighted by Gasteiger charge is -2.35. The van der Waals surface area contributed by atoms with Gasteiger partial charge in [0, 0.05) is 56.2 Å². The summed E-state index contributed by atoms with van der Waals surface area (Å²) >= 11 is 6.19. The summed E-state index contributed by atoms with van der Waals surface area (Å²) in [6.07, 6.45) is 2.05. The van der Waals surface area contributed by atoms with Gasteiger partial charge in [-0.1, -0.05) is 29.8 Å². The summed E-state index contributed by atoms with van der Waals surface area (Å²) in [5.41, 5.74) is 0.747. The number of nitrogens with one attached hydrogen (secondary N) is 3. The quantitative estimate of drug-likeness (QED) is 0.377. The molecule has 0 bridgehead atoms. The Kier molecular flexibility index (Phi) is 7.34. The Morgan fingerprint density at radius 3 is 2.54 bits per heavy atom. The van der Waals surface area contributed by atoms with Gasteiger partial charge in [0.15, 0.2) is 0 Å². The van der Waals surface area contributed by atoms with E-state index >= 15 is 8.78 Å². The topological polar surface area (TPSA) is 103 Å². The lowest BCUT2D eigenvalue weighted by molar-refractivity contribution is -0.119. The first-order valence-electron chi connectivity index (χ1n) is 12.2. The van der Waals surface area contributed by atoms with Crippen LogP contribution in [0.1, 0.15) is 41.6 Å². The Bertz CT molecular complexity index is 1320. The van der Waals surface area contributed by atoms with Gasteiger partial charge in [0.1, 0.15) is 5.15 Å². The van der Waals surface area contributed by atoms with Gasteiger partial charge in [-0.15, -0.1) is 0 Å². The number of aromatic nitrogens is 1. The normalized spacial score (nSPS) is 23.5. The maximum absolute atomic E-state index is 15.4. The van der Waals surface area contributed by atoms with Crippen LogP contribution in [0.25, 0.3) is 0 Å². The monoisotopic (exact) mass is 551 g/mol. The lowest BCUT2D eigenvalue weighted by atomic mass is 9.95. The molecule has 2 fully saturated rings. The van der Waals surface area contributed by atoms with Crippen LogP contribution in [0.4, 0.5) is 8.78 Å². The molecule has 3 N–H and O–H groups in total. The zero-order chi connectivity index (χ0) is 26.2. The minimum Gasteiger partial charge on any atom is -0.355 e. The number of nitrogens with zero attached hydrogens (tertiary/aromatic N) is 2. The zero-order valence-corrected chi connectivity index (χ0v) is 21.6. The molecule has 1 aromatic carbocycles. The smallest absolute Gasteiger partial charge is 0.294 e. The number of alkyl halides is 2. The van der Waals surface area contributed by atoms with Crippen molar-refractivity contribution in [2.75, 3.05) is 39.3 Å². The Hall–Kier alpha value is -2.44. The molecule has 8 nitrogen and oxygen atoms in total. The molecule has 1 amide bonds. The van der Waals surface area contributed by atoms with Crippen LogP contribution in [0.15, 0.2) is 52.9 Å². The molecule has 2 saturated heterocycles. The molecular weight excluding hydrogens is 524 g/mol. The molecule has 0 aliphatic carbocycles. The van der Waals surface area contributed by atoms with Crippen molar-refractivity contribution in [3.63, 3.8) is 0 Å². The average Bonchev–Trinajstić information content (AvgIpc) is 3.35. The maximum Gasteiger partial charge on any atom is 0.294 e. The van der Waals surface area contributed by atoms with Gasteiger partial charge < -0.3 is 16.0 Å². The fourth-order valence-electron chi connectivity index (χ4n) is 5.08. The van der Waals surface area contributed by atoms with Crippen LogP contribution in [0, 0.1) is 0 Å². The van der Waals surface area contributed by atoms with E-state index in [1.165, 1.54) is 28.6 Å². The second-order valence-corrected chi connectivity index (χ2v) is 11.7. The highest BCUT2D eigenvalue weighted by atomic mass is 35.5. The standard InChI is InChI=1S/C25H28ClF2N5O3S/c26-23-13-19(25(27,28)18-5-7-29-8-6-18)12-21(32-23)22-15-30-9-10-33(22)37(35,36)20-3-1-16(2-4-20)17-11-24(34)31-14-17/h1-5,12-13,17,22,29-30H,6-11,14-15H2,(H,31,34). The van der Waals surface area contributed by atoms with E-state index in [4.69, 9.17) is 11.6 Å². The van der Waals surface area contributed by atoms with Crippen molar-refractivity contribution < 1.29 is 22.0 Å². The summed E-state index contributed by atoms with van der Waals surface area (Å²) in [5.74, 6) is -3.27. The van der Waals surface area contributed by atoms with E-state index in [9.17, 15) is 13.2 Å². The molecule has 3 aliphatic heterocycles. The first-order chi connectivity index (χ1) is 17.7. The van der Waals surface area contributed by atoms with E-state index in [1.54, 1.807) is 12.1 Å². The molecule has 37 heavy (non-hydrogen) atoms. The predicted octanol–water partition coefficient (Wildman–Crippen LogP) is 2.69. The number of piperazine rings is 1. The Morgan fingerprint density at radius 2 is 1.86 bits per heavy atom. The number of sulfonamides is 1. The second kappa shape index (κ2) is 10.4. The molecule has 12 heteroatoms. The first-order valence-corrected chi connectivity index (χ1v) is 14.0. The third-order valence-corrected chi connectivity index (χ3v) is 9.23. The predicted molar refractivity (Wildman–Crippen MR) is 135 cm³/mol. The van der Waals surface area contributed by atoms with Crippen LogP contribution in [-0.2, 0) is 20.7 Å². The molecule has 0 saturated carbocycles. The number of hydrogen-bond donors (Lipinski definition) is 3. The van der Waals surface area contributed by atoms with Crippen molar-refractivity contribution in [2.45, 2.75) is 35.6 Å². The summed E-state index contributed by atoms with van der Waals surface area (Å²) in [6.45, 7) is 2.10.